The van der Waals surface area contributed by atoms with Crippen molar-refractivity contribution in [2.24, 2.45) is 0 Å². The quantitative estimate of drug-likeness (QED) is 0.873. The van der Waals surface area contributed by atoms with Crippen LogP contribution in [0.5, 0.6) is 0 Å². The molecule has 0 radical (unpaired) electrons. The van der Waals surface area contributed by atoms with Crippen LogP contribution in [0.2, 0.25) is 5.02 Å². The summed E-state index contributed by atoms with van der Waals surface area (Å²) in [4.78, 5) is 14.3. The van der Waals surface area contributed by atoms with Crippen LogP contribution in [-0.4, -0.2) is 50.1 Å². The molecular weight excluding hydrogens is 330 g/mol. The Bertz CT molecular complexity index is 450. The third-order valence-corrected chi connectivity index (χ3v) is 4.34. The molecule has 0 bridgehead atoms. The number of carbonyl (C=O) groups is 1. The summed E-state index contributed by atoms with van der Waals surface area (Å²) < 4.78 is 0.798. The summed E-state index contributed by atoms with van der Waals surface area (Å²) in [6.45, 7) is 5.68. The highest BCUT2D eigenvalue weighted by Crippen LogP contribution is 2.23. The molecule has 2 rings (SSSR count). The summed E-state index contributed by atoms with van der Waals surface area (Å²) in [6, 6.07) is 5.22. The third kappa shape index (κ3) is 4.45. The minimum absolute atomic E-state index is 0.0791. The predicted molar refractivity (Wildman–Crippen MR) is 80.8 cm³/mol. The van der Waals surface area contributed by atoms with Crippen molar-refractivity contribution in [1.29, 1.82) is 0 Å². The number of hydrogen-bond donors (Lipinski definition) is 2. The van der Waals surface area contributed by atoms with Crippen LogP contribution in [0, 0.1) is 0 Å². The minimum atomic E-state index is -0.0791. The molecular formula is C13H17BrClN3O. The maximum Gasteiger partial charge on any atom is 0.251 e. The summed E-state index contributed by atoms with van der Waals surface area (Å²) >= 11 is 9.28. The first-order chi connectivity index (χ1) is 9.16. The lowest BCUT2D eigenvalue weighted by atomic mass is 10.2. The molecule has 1 aliphatic heterocycles. The van der Waals surface area contributed by atoms with Crippen LogP contribution in [0.4, 0.5) is 0 Å². The van der Waals surface area contributed by atoms with E-state index in [-0.39, 0.29) is 5.91 Å². The fraction of sp³-hybridized carbons (Fsp3) is 0.462. The van der Waals surface area contributed by atoms with Gasteiger partial charge in [-0.3, -0.25) is 9.69 Å². The molecule has 104 valence electrons. The summed E-state index contributed by atoms with van der Waals surface area (Å²) in [5.74, 6) is -0.0791. The first kappa shape index (κ1) is 14.8. The lowest BCUT2D eigenvalue weighted by molar-refractivity contribution is 0.0947. The van der Waals surface area contributed by atoms with E-state index in [1.54, 1.807) is 18.2 Å². The Balaban J connectivity index is 1.78. The average molecular weight is 347 g/mol. The Morgan fingerprint density at radius 2 is 2.16 bits per heavy atom. The van der Waals surface area contributed by atoms with Crippen LogP contribution in [-0.2, 0) is 0 Å². The van der Waals surface area contributed by atoms with Gasteiger partial charge in [-0.15, -0.1) is 0 Å². The van der Waals surface area contributed by atoms with Crippen LogP contribution in [0.3, 0.4) is 0 Å². The number of benzene rings is 1. The van der Waals surface area contributed by atoms with Crippen molar-refractivity contribution in [1.82, 2.24) is 15.5 Å². The normalized spacial score (nSPS) is 16.3. The Kier molecular flexibility index (Phi) is 5.63. The number of carbonyl (C=O) groups excluding carboxylic acids is 1. The standard InChI is InChI=1S/C13H17BrClN3O/c14-11-2-1-10(9-12(11)15)13(19)17-5-8-18-6-3-16-4-7-18/h1-2,9,16H,3-8H2,(H,17,19). The Hall–Kier alpha value is -0.620. The molecule has 1 aromatic rings. The van der Waals surface area contributed by atoms with Gasteiger partial charge in [-0.25, -0.2) is 0 Å². The zero-order chi connectivity index (χ0) is 13.7. The van der Waals surface area contributed by atoms with E-state index in [1.807, 2.05) is 0 Å². The monoisotopic (exact) mass is 345 g/mol. The van der Waals surface area contributed by atoms with Crippen molar-refractivity contribution in [3.63, 3.8) is 0 Å². The maximum absolute atomic E-state index is 11.9. The molecule has 0 spiro atoms. The first-order valence-corrected chi connectivity index (χ1v) is 7.50. The van der Waals surface area contributed by atoms with Gasteiger partial charge < -0.3 is 10.6 Å². The van der Waals surface area contributed by atoms with Gasteiger partial charge in [0.2, 0.25) is 0 Å². The number of halogens is 2. The van der Waals surface area contributed by atoms with Crippen molar-refractivity contribution in [2.45, 2.75) is 0 Å². The Morgan fingerprint density at radius 3 is 2.84 bits per heavy atom. The lowest BCUT2D eigenvalue weighted by Crippen LogP contribution is -2.46. The highest BCUT2D eigenvalue weighted by Gasteiger charge is 2.10. The van der Waals surface area contributed by atoms with Crippen molar-refractivity contribution in [3.05, 3.63) is 33.3 Å². The molecule has 1 aliphatic rings. The van der Waals surface area contributed by atoms with E-state index < -0.39 is 0 Å². The van der Waals surface area contributed by atoms with E-state index in [0.29, 0.717) is 17.1 Å². The zero-order valence-electron chi connectivity index (χ0n) is 10.6. The molecule has 1 aromatic carbocycles. The topological polar surface area (TPSA) is 44.4 Å². The second kappa shape index (κ2) is 7.24. The van der Waals surface area contributed by atoms with E-state index in [1.165, 1.54) is 0 Å². The molecule has 1 amide bonds. The maximum atomic E-state index is 11.9. The van der Waals surface area contributed by atoms with Gasteiger partial charge in [0.1, 0.15) is 0 Å². The van der Waals surface area contributed by atoms with Gasteiger partial charge in [-0.05, 0) is 34.1 Å². The first-order valence-electron chi connectivity index (χ1n) is 6.33. The van der Waals surface area contributed by atoms with Crippen molar-refractivity contribution in [3.8, 4) is 0 Å². The molecule has 0 saturated carbocycles. The lowest BCUT2D eigenvalue weighted by Gasteiger charge is -2.27. The van der Waals surface area contributed by atoms with Crippen molar-refractivity contribution >= 4 is 33.4 Å². The third-order valence-electron chi connectivity index (χ3n) is 3.10. The number of nitrogens with one attached hydrogen (secondary N) is 2. The summed E-state index contributed by atoms with van der Waals surface area (Å²) in [5, 5.41) is 6.77. The number of rotatable bonds is 4. The largest absolute Gasteiger partial charge is 0.351 e. The van der Waals surface area contributed by atoms with Gasteiger partial charge in [0.05, 0.1) is 5.02 Å². The Labute approximate surface area is 126 Å². The molecule has 0 aromatic heterocycles. The number of nitrogens with zero attached hydrogens (tertiary/aromatic N) is 1. The molecule has 0 aliphatic carbocycles. The van der Waals surface area contributed by atoms with Gasteiger partial charge in [0, 0.05) is 49.3 Å². The molecule has 4 nitrogen and oxygen atoms in total. The molecule has 0 unspecified atom stereocenters. The van der Waals surface area contributed by atoms with Crippen LogP contribution < -0.4 is 10.6 Å². The fourth-order valence-corrected chi connectivity index (χ4v) is 2.43. The summed E-state index contributed by atoms with van der Waals surface area (Å²) in [6.07, 6.45) is 0. The van der Waals surface area contributed by atoms with E-state index in [2.05, 4.69) is 31.5 Å². The molecule has 2 N–H and O–H groups in total. The van der Waals surface area contributed by atoms with E-state index >= 15 is 0 Å². The smallest absolute Gasteiger partial charge is 0.251 e. The Morgan fingerprint density at radius 1 is 1.42 bits per heavy atom. The SMILES string of the molecule is O=C(NCCN1CCNCC1)c1ccc(Br)c(Cl)c1. The van der Waals surface area contributed by atoms with Gasteiger partial charge >= 0.3 is 0 Å². The van der Waals surface area contributed by atoms with Crippen LogP contribution in [0.25, 0.3) is 0 Å². The average Bonchev–Trinajstić information content (AvgIpc) is 2.43. The summed E-state index contributed by atoms with van der Waals surface area (Å²) in [5.41, 5.74) is 0.591. The van der Waals surface area contributed by atoms with Crippen LogP contribution in [0.1, 0.15) is 10.4 Å². The number of hydrogen-bond acceptors (Lipinski definition) is 3. The van der Waals surface area contributed by atoms with Gasteiger partial charge in [0.15, 0.2) is 0 Å². The van der Waals surface area contributed by atoms with E-state index in [4.69, 9.17) is 11.6 Å². The van der Waals surface area contributed by atoms with Crippen LogP contribution in [0.15, 0.2) is 22.7 Å². The molecule has 1 heterocycles. The van der Waals surface area contributed by atoms with E-state index in [9.17, 15) is 4.79 Å². The summed E-state index contributed by atoms with van der Waals surface area (Å²) in [7, 11) is 0. The predicted octanol–water partition coefficient (Wildman–Crippen LogP) is 1.74. The molecule has 0 atom stereocenters. The second-order valence-electron chi connectivity index (χ2n) is 4.48. The molecule has 1 fully saturated rings. The fourth-order valence-electron chi connectivity index (χ4n) is 2.00. The number of piperazine rings is 1. The van der Waals surface area contributed by atoms with Gasteiger partial charge in [-0.2, -0.15) is 0 Å². The molecule has 19 heavy (non-hydrogen) atoms. The molecule has 6 heteroatoms. The van der Waals surface area contributed by atoms with Crippen molar-refractivity contribution in [2.75, 3.05) is 39.3 Å². The zero-order valence-corrected chi connectivity index (χ0v) is 12.9. The van der Waals surface area contributed by atoms with Crippen molar-refractivity contribution < 1.29 is 4.79 Å². The van der Waals surface area contributed by atoms with Gasteiger partial charge in [0.25, 0.3) is 5.91 Å². The second-order valence-corrected chi connectivity index (χ2v) is 5.74. The van der Waals surface area contributed by atoms with Gasteiger partial charge in [-0.1, -0.05) is 11.6 Å². The molecule has 1 saturated heterocycles. The minimum Gasteiger partial charge on any atom is -0.351 e. The van der Waals surface area contributed by atoms with E-state index in [0.717, 1.165) is 37.2 Å². The number of amides is 1. The van der Waals surface area contributed by atoms with Crippen LogP contribution >= 0.6 is 27.5 Å². The highest BCUT2D eigenvalue weighted by molar-refractivity contribution is 9.10. The highest BCUT2D eigenvalue weighted by atomic mass is 79.9.